The number of benzene rings is 2. The van der Waals surface area contributed by atoms with Crippen LogP contribution in [0.25, 0.3) is 0 Å². The number of carbonyl (C=O) groups is 1. The van der Waals surface area contributed by atoms with Gasteiger partial charge < -0.3 is 11.1 Å². The topological polar surface area (TPSA) is 55.1 Å². The van der Waals surface area contributed by atoms with Gasteiger partial charge in [-0.15, -0.1) is 0 Å². The van der Waals surface area contributed by atoms with Crippen LogP contribution in [-0.4, -0.2) is 13.0 Å². The smallest absolute Gasteiger partial charge is 0.251 e. The Morgan fingerprint density at radius 1 is 1.00 bits per heavy atom. The quantitative estimate of drug-likeness (QED) is 0.832. The van der Waals surface area contributed by atoms with Gasteiger partial charge in [-0.25, -0.2) is 0 Å². The summed E-state index contributed by atoms with van der Waals surface area (Å²) in [4.78, 5) is 13.6. The van der Waals surface area contributed by atoms with Crippen molar-refractivity contribution in [3.8, 4) is 0 Å². The van der Waals surface area contributed by atoms with Crippen LogP contribution in [0.5, 0.6) is 0 Å². The van der Waals surface area contributed by atoms with E-state index in [1.807, 2.05) is 48.5 Å². The minimum absolute atomic E-state index is 0.0703. The third-order valence-electron chi connectivity index (χ3n) is 2.46. The predicted molar refractivity (Wildman–Crippen MR) is 74.8 cm³/mol. The largest absolute Gasteiger partial charge is 0.399 e. The van der Waals surface area contributed by atoms with Crippen molar-refractivity contribution in [1.82, 2.24) is 5.32 Å². The minimum Gasteiger partial charge on any atom is -0.399 e. The molecule has 0 aliphatic heterocycles. The Kier molecular flexibility index (Phi) is 3.89. The Morgan fingerprint density at radius 3 is 2.00 bits per heavy atom. The molecule has 3 N–H and O–H groups in total. The molecule has 0 aromatic heterocycles. The summed E-state index contributed by atoms with van der Waals surface area (Å²) in [5.41, 5.74) is 7.06. The molecule has 0 saturated heterocycles. The number of anilines is 1. The van der Waals surface area contributed by atoms with E-state index in [2.05, 4.69) is 5.32 Å². The van der Waals surface area contributed by atoms with Crippen molar-refractivity contribution >= 4 is 23.4 Å². The monoisotopic (exact) mass is 258 g/mol. The van der Waals surface area contributed by atoms with Gasteiger partial charge in [-0.1, -0.05) is 11.8 Å². The van der Waals surface area contributed by atoms with Gasteiger partial charge in [-0.2, -0.15) is 0 Å². The summed E-state index contributed by atoms with van der Waals surface area (Å²) in [5.74, 6) is -0.0703. The fourth-order valence-electron chi connectivity index (χ4n) is 1.49. The molecule has 3 nitrogen and oxygen atoms in total. The highest BCUT2D eigenvalue weighted by atomic mass is 32.2. The van der Waals surface area contributed by atoms with Crippen LogP contribution in [0.4, 0.5) is 5.69 Å². The van der Waals surface area contributed by atoms with E-state index < -0.39 is 0 Å². The summed E-state index contributed by atoms with van der Waals surface area (Å²) in [7, 11) is 1.62. The van der Waals surface area contributed by atoms with Gasteiger partial charge in [0.05, 0.1) is 0 Å². The van der Waals surface area contributed by atoms with Gasteiger partial charge in [0.15, 0.2) is 0 Å². The van der Waals surface area contributed by atoms with Crippen LogP contribution < -0.4 is 11.1 Å². The average molecular weight is 258 g/mol. The van der Waals surface area contributed by atoms with E-state index in [-0.39, 0.29) is 5.91 Å². The van der Waals surface area contributed by atoms with Crippen LogP contribution in [0, 0.1) is 0 Å². The Labute approximate surface area is 110 Å². The zero-order chi connectivity index (χ0) is 13.0. The van der Waals surface area contributed by atoms with Gasteiger partial charge in [0.1, 0.15) is 0 Å². The van der Waals surface area contributed by atoms with Crippen molar-refractivity contribution in [2.75, 3.05) is 12.8 Å². The molecule has 0 radical (unpaired) electrons. The molecule has 0 saturated carbocycles. The van der Waals surface area contributed by atoms with Gasteiger partial charge in [-0.05, 0) is 48.5 Å². The maximum absolute atomic E-state index is 11.4. The summed E-state index contributed by atoms with van der Waals surface area (Å²) in [6, 6.07) is 15.2. The first kappa shape index (κ1) is 12.5. The zero-order valence-corrected chi connectivity index (χ0v) is 10.8. The molecule has 0 spiro atoms. The van der Waals surface area contributed by atoms with Crippen LogP contribution in [-0.2, 0) is 0 Å². The number of amides is 1. The summed E-state index contributed by atoms with van der Waals surface area (Å²) in [6.07, 6.45) is 0. The molecule has 0 aliphatic carbocycles. The lowest BCUT2D eigenvalue weighted by Crippen LogP contribution is -2.17. The molecule has 0 atom stereocenters. The van der Waals surface area contributed by atoms with Crippen molar-refractivity contribution in [2.45, 2.75) is 9.79 Å². The van der Waals surface area contributed by atoms with Crippen molar-refractivity contribution in [1.29, 1.82) is 0 Å². The lowest BCUT2D eigenvalue weighted by molar-refractivity contribution is 0.0963. The van der Waals surface area contributed by atoms with Crippen LogP contribution in [0.3, 0.4) is 0 Å². The van der Waals surface area contributed by atoms with Crippen molar-refractivity contribution < 1.29 is 4.79 Å². The second-order valence-electron chi connectivity index (χ2n) is 3.77. The van der Waals surface area contributed by atoms with Gasteiger partial charge in [0, 0.05) is 28.1 Å². The molecule has 0 bridgehead atoms. The minimum atomic E-state index is -0.0703. The molecular formula is C14H14N2OS. The molecule has 0 aliphatic rings. The number of hydrogen-bond donors (Lipinski definition) is 2. The van der Waals surface area contributed by atoms with Crippen molar-refractivity contribution in [2.24, 2.45) is 0 Å². The molecule has 1 amide bonds. The highest BCUT2D eigenvalue weighted by Gasteiger charge is 2.03. The number of rotatable bonds is 3. The summed E-state index contributed by atoms with van der Waals surface area (Å²) >= 11 is 1.64. The van der Waals surface area contributed by atoms with E-state index in [4.69, 9.17) is 5.73 Å². The summed E-state index contributed by atoms with van der Waals surface area (Å²) < 4.78 is 0. The maximum Gasteiger partial charge on any atom is 0.251 e. The fourth-order valence-corrected chi connectivity index (χ4v) is 2.31. The number of nitrogens with one attached hydrogen (secondary N) is 1. The van der Waals surface area contributed by atoms with Gasteiger partial charge in [0.2, 0.25) is 0 Å². The Hall–Kier alpha value is -1.94. The Morgan fingerprint density at radius 2 is 1.50 bits per heavy atom. The number of hydrogen-bond acceptors (Lipinski definition) is 3. The molecule has 18 heavy (non-hydrogen) atoms. The van der Waals surface area contributed by atoms with E-state index in [9.17, 15) is 4.79 Å². The zero-order valence-electron chi connectivity index (χ0n) is 10.0. The first-order valence-electron chi connectivity index (χ1n) is 5.54. The Balaban J connectivity index is 2.10. The van der Waals surface area contributed by atoms with Crippen LogP contribution in [0.1, 0.15) is 10.4 Å². The van der Waals surface area contributed by atoms with E-state index in [0.29, 0.717) is 5.56 Å². The lowest BCUT2D eigenvalue weighted by atomic mass is 10.2. The number of nitrogens with two attached hydrogens (primary N) is 1. The predicted octanol–water partition coefficient (Wildman–Crippen LogP) is 2.78. The van der Waals surface area contributed by atoms with E-state index in [0.717, 1.165) is 15.5 Å². The third-order valence-corrected chi connectivity index (χ3v) is 3.48. The standard InChI is InChI=1S/C14H14N2OS/c1-16-14(17)10-2-6-12(7-3-10)18-13-8-4-11(15)5-9-13/h2-9H,15H2,1H3,(H,16,17). The molecule has 0 fully saturated rings. The molecule has 0 unspecified atom stereocenters. The molecule has 2 rings (SSSR count). The highest BCUT2D eigenvalue weighted by Crippen LogP contribution is 2.28. The lowest BCUT2D eigenvalue weighted by Gasteiger charge is -2.04. The van der Waals surface area contributed by atoms with E-state index in [1.54, 1.807) is 18.8 Å². The van der Waals surface area contributed by atoms with Crippen molar-refractivity contribution in [3.63, 3.8) is 0 Å². The maximum atomic E-state index is 11.4. The van der Waals surface area contributed by atoms with Crippen LogP contribution in [0.15, 0.2) is 58.3 Å². The molecular weight excluding hydrogens is 244 g/mol. The molecule has 92 valence electrons. The second kappa shape index (κ2) is 5.60. The second-order valence-corrected chi connectivity index (χ2v) is 4.92. The SMILES string of the molecule is CNC(=O)c1ccc(Sc2ccc(N)cc2)cc1. The van der Waals surface area contributed by atoms with E-state index in [1.165, 1.54) is 0 Å². The molecule has 0 heterocycles. The van der Waals surface area contributed by atoms with E-state index >= 15 is 0 Å². The highest BCUT2D eigenvalue weighted by molar-refractivity contribution is 7.99. The molecule has 4 heteroatoms. The fraction of sp³-hybridized carbons (Fsp3) is 0.0714. The summed E-state index contributed by atoms with van der Waals surface area (Å²) in [5, 5.41) is 2.60. The normalized spacial score (nSPS) is 10.1. The van der Waals surface area contributed by atoms with Gasteiger partial charge in [-0.3, -0.25) is 4.79 Å². The Bertz CT molecular complexity index is 535. The van der Waals surface area contributed by atoms with Gasteiger partial charge in [0.25, 0.3) is 5.91 Å². The molecule has 2 aromatic rings. The van der Waals surface area contributed by atoms with Gasteiger partial charge >= 0.3 is 0 Å². The first-order valence-corrected chi connectivity index (χ1v) is 6.36. The number of carbonyl (C=O) groups excluding carboxylic acids is 1. The third kappa shape index (κ3) is 3.05. The van der Waals surface area contributed by atoms with Crippen LogP contribution >= 0.6 is 11.8 Å². The summed E-state index contributed by atoms with van der Waals surface area (Å²) in [6.45, 7) is 0. The van der Waals surface area contributed by atoms with Crippen LogP contribution in [0.2, 0.25) is 0 Å². The number of nitrogen functional groups attached to an aromatic ring is 1. The molecule has 2 aromatic carbocycles. The average Bonchev–Trinajstić information content (AvgIpc) is 2.41. The van der Waals surface area contributed by atoms with Crippen molar-refractivity contribution in [3.05, 3.63) is 54.1 Å². The first-order chi connectivity index (χ1) is 8.69.